The molecule has 4 heteroatoms. The molecule has 100 valence electrons. The Labute approximate surface area is 105 Å². The summed E-state index contributed by atoms with van der Waals surface area (Å²) in [6.07, 6.45) is 2.49. The van der Waals surface area contributed by atoms with Crippen LogP contribution in [0.1, 0.15) is 40.5 Å². The Hall–Kier alpha value is -0.610. The van der Waals surface area contributed by atoms with Gasteiger partial charge in [-0.1, -0.05) is 13.8 Å². The van der Waals surface area contributed by atoms with Crippen LogP contribution in [0.25, 0.3) is 0 Å². The standard InChI is InChI=1S/C13H27N3O/c1-5-15-13(4,12(14)17)9-16-8-10(2)6-7-11(16)3/h10-11,15H,5-9H2,1-4H3,(H2,14,17). The van der Waals surface area contributed by atoms with Crippen LogP contribution >= 0.6 is 0 Å². The second-order valence-corrected chi connectivity index (χ2v) is 5.69. The number of amides is 1. The highest BCUT2D eigenvalue weighted by Crippen LogP contribution is 2.23. The lowest BCUT2D eigenvalue weighted by Gasteiger charge is -2.41. The molecule has 1 amide bonds. The van der Waals surface area contributed by atoms with Crippen molar-refractivity contribution in [2.24, 2.45) is 11.7 Å². The van der Waals surface area contributed by atoms with E-state index in [1.807, 2.05) is 13.8 Å². The molecule has 17 heavy (non-hydrogen) atoms. The quantitative estimate of drug-likeness (QED) is 0.754. The lowest BCUT2D eigenvalue weighted by molar-refractivity contribution is -0.125. The van der Waals surface area contributed by atoms with E-state index in [1.165, 1.54) is 12.8 Å². The molecule has 0 spiro atoms. The maximum Gasteiger partial charge on any atom is 0.238 e. The summed E-state index contributed by atoms with van der Waals surface area (Å²) in [5.74, 6) is 0.453. The molecule has 1 rings (SSSR count). The molecule has 4 nitrogen and oxygen atoms in total. The summed E-state index contributed by atoms with van der Waals surface area (Å²) < 4.78 is 0. The zero-order valence-corrected chi connectivity index (χ0v) is 11.6. The van der Waals surface area contributed by atoms with Gasteiger partial charge in [-0.25, -0.2) is 0 Å². The van der Waals surface area contributed by atoms with E-state index in [0.29, 0.717) is 18.5 Å². The van der Waals surface area contributed by atoms with E-state index in [4.69, 9.17) is 5.73 Å². The van der Waals surface area contributed by atoms with Gasteiger partial charge in [0.2, 0.25) is 5.91 Å². The minimum Gasteiger partial charge on any atom is -0.368 e. The lowest BCUT2D eigenvalue weighted by atomic mass is 9.92. The molecule has 1 saturated heterocycles. The molecule has 0 radical (unpaired) electrons. The predicted molar refractivity (Wildman–Crippen MR) is 70.7 cm³/mol. The maximum absolute atomic E-state index is 11.6. The van der Waals surface area contributed by atoms with E-state index in [1.54, 1.807) is 0 Å². The van der Waals surface area contributed by atoms with Gasteiger partial charge in [-0.05, 0) is 39.2 Å². The Morgan fingerprint density at radius 1 is 1.47 bits per heavy atom. The maximum atomic E-state index is 11.6. The van der Waals surface area contributed by atoms with Gasteiger partial charge in [0.25, 0.3) is 0 Å². The van der Waals surface area contributed by atoms with Gasteiger partial charge in [-0.2, -0.15) is 0 Å². The van der Waals surface area contributed by atoms with E-state index in [9.17, 15) is 4.79 Å². The van der Waals surface area contributed by atoms with Crippen LogP contribution in [-0.4, -0.2) is 42.0 Å². The molecule has 0 saturated carbocycles. The number of piperidine rings is 1. The van der Waals surface area contributed by atoms with Crippen LogP contribution in [0, 0.1) is 5.92 Å². The van der Waals surface area contributed by atoms with Gasteiger partial charge in [0, 0.05) is 19.1 Å². The van der Waals surface area contributed by atoms with E-state index in [2.05, 4.69) is 24.1 Å². The first-order chi connectivity index (χ1) is 7.89. The normalized spacial score (nSPS) is 29.9. The highest BCUT2D eigenvalue weighted by Gasteiger charge is 2.35. The summed E-state index contributed by atoms with van der Waals surface area (Å²) in [6.45, 7) is 11.0. The lowest BCUT2D eigenvalue weighted by Crippen LogP contribution is -2.61. The first kappa shape index (κ1) is 14.5. The van der Waals surface area contributed by atoms with Crippen LogP contribution in [-0.2, 0) is 4.79 Å². The van der Waals surface area contributed by atoms with Crippen molar-refractivity contribution in [3.05, 3.63) is 0 Å². The van der Waals surface area contributed by atoms with Crippen molar-refractivity contribution < 1.29 is 4.79 Å². The van der Waals surface area contributed by atoms with Gasteiger partial charge in [0.1, 0.15) is 5.54 Å². The third-order valence-corrected chi connectivity index (χ3v) is 3.88. The molecule has 3 atom stereocenters. The SMILES string of the molecule is CCNC(C)(CN1CC(C)CCC1C)C(N)=O. The van der Waals surface area contributed by atoms with Gasteiger partial charge in [0.05, 0.1) is 0 Å². The summed E-state index contributed by atoms with van der Waals surface area (Å²) >= 11 is 0. The fraction of sp³-hybridized carbons (Fsp3) is 0.923. The minimum atomic E-state index is -0.611. The van der Waals surface area contributed by atoms with Crippen LogP contribution in [0.3, 0.4) is 0 Å². The average Bonchev–Trinajstić information content (AvgIpc) is 2.23. The van der Waals surface area contributed by atoms with Crippen molar-refractivity contribution in [2.75, 3.05) is 19.6 Å². The molecule has 1 fully saturated rings. The second-order valence-electron chi connectivity index (χ2n) is 5.69. The summed E-state index contributed by atoms with van der Waals surface area (Å²) in [6, 6.07) is 0.545. The first-order valence-corrected chi connectivity index (χ1v) is 6.68. The Morgan fingerprint density at radius 2 is 2.12 bits per heavy atom. The number of primary amides is 1. The van der Waals surface area contributed by atoms with E-state index in [0.717, 1.165) is 13.1 Å². The molecule has 1 aliphatic rings. The molecular formula is C13H27N3O. The Kier molecular flexibility index (Phi) is 4.95. The third kappa shape index (κ3) is 3.68. The molecule has 1 aliphatic heterocycles. The van der Waals surface area contributed by atoms with Gasteiger partial charge in [-0.15, -0.1) is 0 Å². The number of carbonyl (C=O) groups excluding carboxylic acids is 1. The fourth-order valence-electron chi connectivity index (χ4n) is 2.62. The molecule has 0 aliphatic carbocycles. The highest BCUT2D eigenvalue weighted by molar-refractivity contribution is 5.84. The molecular weight excluding hydrogens is 214 g/mol. The molecule has 0 bridgehead atoms. The van der Waals surface area contributed by atoms with Crippen molar-refractivity contribution in [3.8, 4) is 0 Å². The molecule has 1 heterocycles. The van der Waals surface area contributed by atoms with E-state index in [-0.39, 0.29) is 5.91 Å². The topological polar surface area (TPSA) is 58.4 Å². The molecule has 0 aromatic carbocycles. The van der Waals surface area contributed by atoms with E-state index >= 15 is 0 Å². The van der Waals surface area contributed by atoms with Gasteiger partial charge < -0.3 is 11.1 Å². The number of likely N-dealkylation sites (N-methyl/N-ethyl adjacent to an activating group) is 1. The number of nitrogens with zero attached hydrogens (tertiary/aromatic N) is 1. The van der Waals surface area contributed by atoms with Crippen LogP contribution in [0.5, 0.6) is 0 Å². The molecule has 3 N–H and O–H groups in total. The van der Waals surface area contributed by atoms with Crippen molar-refractivity contribution >= 4 is 5.91 Å². The zero-order chi connectivity index (χ0) is 13.1. The smallest absolute Gasteiger partial charge is 0.238 e. The average molecular weight is 241 g/mol. The molecule has 0 aromatic heterocycles. The number of nitrogens with one attached hydrogen (secondary N) is 1. The number of hydrogen-bond acceptors (Lipinski definition) is 3. The van der Waals surface area contributed by atoms with Crippen molar-refractivity contribution in [2.45, 2.75) is 52.1 Å². The summed E-state index contributed by atoms with van der Waals surface area (Å²) in [5.41, 5.74) is 4.92. The van der Waals surface area contributed by atoms with Crippen molar-refractivity contribution in [3.63, 3.8) is 0 Å². The summed E-state index contributed by atoms with van der Waals surface area (Å²) in [7, 11) is 0. The van der Waals surface area contributed by atoms with Crippen molar-refractivity contribution in [1.82, 2.24) is 10.2 Å². The predicted octanol–water partition coefficient (Wildman–Crippen LogP) is 0.960. The highest BCUT2D eigenvalue weighted by atomic mass is 16.1. The fourth-order valence-corrected chi connectivity index (χ4v) is 2.62. The number of hydrogen-bond donors (Lipinski definition) is 2. The van der Waals surface area contributed by atoms with Gasteiger partial charge >= 0.3 is 0 Å². The Bertz CT molecular complexity index is 269. The van der Waals surface area contributed by atoms with Gasteiger partial charge in [0.15, 0.2) is 0 Å². The Balaban J connectivity index is 2.68. The minimum absolute atomic E-state index is 0.259. The van der Waals surface area contributed by atoms with Gasteiger partial charge in [-0.3, -0.25) is 9.69 Å². The number of carbonyl (C=O) groups is 1. The van der Waals surface area contributed by atoms with Crippen molar-refractivity contribution in [1.29, 1.82) is 0 Å². The largest absolute Gasteiger partial charge is 0.368 e. The third-order valence-electron chi connectivity index (χ3n) is 3.88. The Morgan fingerprint density at radius 3 is 2.65 bits per heavy atom. The van der Waals surface area contributed by atoms with E-state index < -0.39 is 5.54 Å². The zero-order valence-electron chi connectivity index (χ0n) is 11.6. The second kappa shape index (κ2) is 5.83. The number of rotatable bonds is 5. The molecule has 3 unspecified atom stereocenters. The summed E-state index contributed by atoms with van der Waals surface area (Å²) in [4.78, 5) is 14.0. The monoisotopic (exact) mass is 241 g/mol. The first-order valence-electron chi connectivity index (χ1n) is 6.68. The van der Waals surface area contributed by atoms with Crippen LogP contribution in [0.4, 0.5) is 0 Å². The summed E-state index contributed by atoms with van der Waals surface area (Å²) in [5, 5.41) is 3.22. The number of nitrogens with two attached hydrogens (primary N) is 1. The van der Waals surface area contributed by atoms with Crippen LogP contribution < -0.4 is 11.1 Å². The van der Waals surface area contributed by atoms with Crippen LogP contribution in [0.15, 0.2) is 0 Å². The van der Waals surface area contributed by atoms with Crippen LogP contribution in [0.2, 0.25) is 0 Å². The molecule has 0 aromatic rings. The number of likely N-dealkylation sites (tertiary alicyclic amines) is 1.